The van der Waals surface area contributed by atoms with Crippen LogP contribution in [0, 0.1) is 13.8 Å². The Hall–Kier alpha value is -1.94. The van der Waals surface area contributed by atoms with Gasteiger partial charge in [-0.3, -0.25) is 4.79 Å². The van der Waals surface area contributed by atoms with E-state index in [1.807, 2.05) is 26.0 Å². The average Bonchev–Trinajstić information content (AvgIpc) is 2.39. The maximum atomic E-state index is 12.2. The van der Waals surface area contributed by atoms with E-state index in [0.29, 0.717) is 5.56 Å². The number of hydrogen-bond acceptors (Lipinski definition) is 3. The molecule has 0 aromatic heterocycles. The van der Waals surface area contributed by atoms with E-state index in [4.69, 9.17) is 0 Å². The van der Waals surface area contributed by atoms with E-state index in [2.05, 4.69) is 0 Å². The minimum absolute atomic E-state index is 0.179. The topological polar surface area (TPSA) is 51.2 Å². The number of ketones is 1. The zero-order valence-electron chi connectivity index (χ0n) is 11.5. The Balaban J connectivity index is 2.28. The van der Waals surface area contributed by atoms with Gasteiger partial charge in [-0.25, -0.2) is 8.42 Å². The van der Waals surface area contributed by atoms with Gasteiger partial charge in [0.2, 0.25) is 0 Å². The number of aryl methyl sites for hydroxylation is 2. The summed E-state index contributed by atoms with van der Waals surface area (Å²) in [5.74, 6) is -0.868. The van der Waals surface area contributed by atoms with E-state index in [1.54, 1.807) is 24.3 Å². The molecular formula is C16H16O3S. The molecule has 4 heteroatoms. The molecule has 0 amide bonds. The second kappa shape index (κ2) is 5.59. The van der Waals surface area contributed by atoms with Gasteiger partial charge in [0.25, 0.3) is 0 Å². The van der Waals surface area contributed by atoms with Crippen LogP contribution in [0.2, 0.25) is 0 Å². The Labute approximate surface area is 119 Å². The van der Waals surface area contributed by atoms with E-state index in [9.17, 15) is 13.2 Å². The van der Waals surface area contributed by atoms with Gasteiger partial charge in [-0.1, -0.05) is 42.0 Å². The van der Waals surface area contributed by atoms with Crippen molar-refractivity contribution in [2.24, 2.45) is 0 Å². The first-order valence-corrected chi connectivity index (χ1v) is 7.93. The average molecular weight is 288 g/mol. The first kappa shape index (κ1) is 14.5. The molecule has 0 bridgehead atoms. The summed E-state index contributed by atoms with van der Waals surface area (Å²) in [6.07, 6.45) is 0. The quantitative estimate of drug-likeness (QED) is 0.813. The van der Waals surface area contributed by atoms with Crippen molar-refractivity contribution < 1.29 is 13.2 Å². The van der Waals surface area contributed by atoms with E-state index >= 15 is 0 Å². The van der Waals surface area contributed by atoms with Gasteiger partial charge < -0.3 is 0 Å². The monoisotopic (exact) mass is 288 g/mol. The third kappa shape index (κ3) is 3.14. The third-order valence-corrected chi connectivity index (χ3v) is 4.74. The first-order chi connectivity index (χ1) is 9.40. The standard InChI is InChI=1S/C16H16O3S/c1-12-8-9-15(13(2)10-12)16(17)11-20(18,19)14-6-4-3-5-7-14/h3-10H,11H2,1-2H3. The lowest BCUT2D eigenvalue weighted by atomic mass is 10.0. The maximum absolute atomic E-state index is 12.2. The molecule has 0 fully saturated rings. The second-order valence-corrected chi connectivity index (χ2v) is 6.80. The fourth-order valence-electron chi connectivity index (χ4n) is 2.09. The lowest BCUT2D eigenvalue weighted by Crippen LogP contribution is -2.17. The molecule has 0 radical (unpaired) electrons. The predicted molar refractivity (Wildman–Crippen MR) is 78.7 cm³/mol. The van der Waals surface area contributed by atoms with Crippen LogP contribution >= 0.6 is 0 Å². The van der Waals surface area contributed by atoms with Crippen LogP contribution in [0.1, 0.15) is 21.5 Å². The highest BCUT2D eigenvalue weighted by atomic mass is 32.2. The molecule has 0 N–H and O–H groups in total. The van der Waals surface area contributed by atoms with E-state index in [-0.39, 0.29) is 10.7 Å². The third-order valence-electron chi connectivity index (χ3n) is 3.11. The summed E-state index contributed by atoms with van der Waals surface area (Å²) in [7, 11) is -3.58. The number of benzene rings is 2. The first-order valence-electron chi connectivity index (χ1n) is 6.28. The molecule has 2 rings (SSSR count). The largest absolute Gasteiger partial charge is 0.293 e. The van der Waals surface area contributed by atoms with Gasteiger partial charge in [-0.05, 0) is 31.5 Å². The predicted octanol–water partition coefficient (Wildman–Crippen LogP) is 2.96. The molecule has 0 heterocycles. The van der Waals surface area contributed by atoms with Gasteiger partial charge in [-0.2, -0.15) is 0 Å². The van der Waals surface area contributed by atoms with Gasteiger partial charge in [0.15, 0.2) is 15.6 Å². The summed E-state index contributed by atoms with van der Waals surface area (Å²) in [5, 5.41) is 0. The summed E-state index contributed by atoms with van der Waals surface area (Å²) in [4.78, 5) is 12.4. The SMILES string of the molecule is Cc1ccc(C(=O)CS(=O)(=O)c2ccccc2)c(C)c1. The van der Waals surface area contributed by atoms with Crippen molar-refractivity contribution in [1.29, 1.82) is 0 Å². The molecule has 3 nitrogen and oxygen atoms in total. The van der Waals surface area contributed by atoms with E-state index in [1.165, 1.54) is 12.1 Å². The van der Waals surface area contributed by atoms with Crippen molar-refractivity contribution in [3.05, 3.63) is 65.2 Å². The van der Waals surface area contributed by atoms with Crippen LogP contribution in [0.4, 0.5) is 0 Å². The molecule has 0 atom stereocenters. The molecule has 0 aliphatic heterocycles. The molecule has 0 spiro atoms. The fraction of sp³-hybridized carbons (Fsp3) is 0.188. The summed E-state index contributed by atoms with van der Waals surface area (Å²) in [6.45, 7) is 3.75. The van der Waals surface area contributed by atoms with Crippen molar-refractivity contribution >= 4 is 15.6 Å². The van der Waals surface area contributed by atoms with Crippen LogP contribution in [-0.2, 0) is 9.84 Å². The van der Waals surface area contributed by atoms with Crippen molar-refractivity contribution in [2.75, 3.05) is 5.75 Å². The number of rotatable bonds is 4. The van der Waals surface area contributed by atoms with Crippen LogP contribution in [0.15, 0.2) is 53.4 Å². The smallest absolute Gasteiger partial charge is 0.185 e. The summed E-state index contributed by atoms with van der Waals surface area (Å²) < 4.78 is 24.3. The van der Waals surface area contributed by atoms with Crippen molar-refractivity contribution in [3.8, 4) is 0 Å². The highest BCUT2D eigenvalue weighted by Crippen LogP contribution is 2.15. The molecule has 104 valence electrons. The second-order valence-electron chi connectivity index (χ2n) is 4.81. The molecule has 2 aromatic rings. The Morgan fingerprint density at radius 2 is 1.65 bits per heavy atom. The van der Waals surface area contributed by atoms with Crippen LogP contribution in [0.5, 0.6) is 0 Å². The van der Waals surface area contributed by atoms with Crippen LogP contribution < -0.4 is 0 Å². The Morgan fingerprint density at radius 1 is 1.00 bits per heavy atom. The van der Waals surface area contributed by atoms with Crippen LogP contribution in [0.3, 0.4) is 0 Å². The summed E-state index contributed by atoms with van der Waals surface area (Å²) in [5.41, 5.74) is 2.32. The molecule has 0 unspecified atom stereocenters. The number of Topliss-reactive ketones (excluding diaryl/α,β-unsaturated/α-hetero) is 1. The minimum Gasteiger partial charge on any atom is -0.293 e. The van der Waals surface area contributed by atoms with Gasteiger partial charge >= 0.3 is 0 Å². The van der Waals surface area contributed by atoms with E-state index < -0.39 is 15.6 Å². The Kier molecular flexibility index (Phi) is 4.04. The van der Waals surface area contributed by atoms with Crippen LogP contribution in [0.25, 0.3) is 0 Å². The fourth-order valence-corrected chi connectivity index (χ4v) is 3.33. The van der Waals surface area contributed by atoms with Crippen molar-refractivity contribution in [3.63, 3.8) is 0 Å². The van der Waals surface area contributed by atoms with Crippen molar-refractivity contribution in [2.45, 2.75) is 18.7 Å². The highest BCUT2D eigenvalue weighted by molar-refractivity contribution is 7.92. The molecule has 0 aliphatic carbocycles. The van der Waals surface area contributed by atoms with Crippen LogP contribution in [-0.4, -0.2) is 20.0 Å². The minimum atomic E-state index is -3.58. The maximum Gasteiger partial charge on any atom is 0.185 e. The number of carbonyl (C=O) groups is 1. The van der Waals surface area contributed by atoms with E-state index in [0.717, 1.165) is 11.1 Å². The van der Waals surface area contributed by atoms with Crippen molar-refractivity contribution in [1.82, 2.24) is 0 Å². The normalized spacial score (nSPS) is 11.3. The highest BCUT2D eigenvalue weighted by Gasteiger charge is 2.21. The molecule has 2 aromatic carbocycles. The Morgan fingerprint density at radius 3 is 2.25 bits per heavy atom. The van der Waals surface area contributed by atoms with Gasteiger partial charge in [0, 0.05) is 5.56 Å². The lowest BCUT2D eigenvalue weighted by molar-refractivity contribution is 0.102. The molecular weight excluding hydrogens is 272 g/mol. The van der Waals surface area contributed by atoms with Gasteiger partial charge in [0.1, 0.15) is 5.75 Å². The van der Waals surface area contributed by atoms with Gasteiger partial charge in [-0.15, -0.1) is 0 Å². The summed E-state index contributed by atoms with van der Waals surface area (Å²) >= 11 is 0. The number of carbonyl (C=O) groups excluding carboxylic acids is 1. The van der Waals surface area contributed by atoms with Gasteiger partial charge in [0.05, 0.1) is 4.90 Å². The Bertz CT molecular complexity index is 732. The zero-order chi connectivity index (χ0) is 14.8. The molecule has 0 saturated heterocycles. The number of hydrogen-bond donors (Lipinski definition) is 0. The zero-order valence-corrected chi connectivity index (χ0v) is 12.3. The molecule has 0 saturated carbocycles. The lowest BCUT2D eigenvalue weighted by Gasteiger charge is -2.07. The molecule has 20 heavy (non-hydrogen) atoms. The number of sulfone groups is 1. The molecule has 0 aliphatic rings. The summed E-state index contributed by atoms with van der Waals surface area (Å²) in [6, 6.07) is 13.4.